The highest BCUT2D eigenvalue weighted by atomic mass is 16.5. The molecule has 0 saturated heterocycles. The van der Waals surface area contributed by atoms with Crippen LogP contribution in [0.2, 0.25) is 0 Å². The minimum Gasteiger partial charge on any atom is -0.462 e. The molecule has 0 fully saturated rings. The molecule has 2 rings (SSSR count). The molecule has 0 N–H and O–H groups in total. The van der Waals surface area contributed by atoms with E-state index in [9.17, 15) is 4.79 Å². The number of ether oxygens (including phenoxy) is 1. The minimum atomic E-state index is -0.164. The fraction of sp³-hybridized carbons (Fsp3) is 0.417. The summed E-state index contributed by atoms with van der Waals surface area (Å²) >= 11 is 0. The van der Waals surface area contributed by atoms with Crippen LogP contribution in [0.15, 0.2) is 24.3 Å². The summed E-state index contributed by atoms with van der Waals surface area (Å²) in [5.74, 6) is -0.164. The molecule has 0 amide bonds. The molecule has 0 atom stereocenters. The maximum absolute atomic E-state index is 11.6. The molecule has 0 spiro atoms. The van der Waals surface area contributed by atoms with E-state index in [1.165, 1.54) is 0 Å². The zero-order chi connectivity index (χ0) is 9.80. The Morgan fingerprint density at radius 2 is 1.93 bits per heavy atom. The maximum atomic E-state index is 11.6. The second-order valence-corrected chi connectivity index (χ2v) is 3.60. The third-order valence-electron chi connectivity index (χ3n) is 2.56. The molecule has 0 bridgehead atoms. The fourth-order valence-electron chi connectivity index (χ4n) is 1.77. The van der Waals surface area contributed by atoms with Gasteiger partial charge in [0.2, 0.25) is 0 Å². The fourth-order valence-corrected chi connectivity index (χ4v) is 1.77. The number of aryl methyl sites for hydroxylation is 1. The van der Waals surface area contributed by atoms with Crippen molar-refractivity contribution in [2.75, 3.05) is 6.61 Å². The van der Waals surface area contributed by atoms with Crippen LogP contribution in [0.25, 0.3) is 0 Å². The summed E-state index contributed by atoms with van der Waals surface area (Å²) in [6.45, 7) is 0.563. The first kappa shape index (κ1) is 9.25. The van der Waals surface area contributed by atoms with Crippen LogP contribution in [0, 0.1) is 0 Å². The Morgan fingerprint density at radius 1 is 1.07 bits per heavy atom. The molecular weight excluding hydrogens is 176 g/mol. The molecule has 2 nitrogen and oxygen atoms in total. The van der Waals surface area contributed by atoms with Gasteiger partial charge in [-0.05, 0) is 37.3 Å². The van der Waals surface area contributed by atoms with E-state index in [4.69, 9.17) is 4.74 Å². The first-order valence-electron chi connectivity index (χ1n) is 5.13. The molecule has 1 aliphatic heterocycles. The van der Waals surface area contributed by atoms with Crippen LogP contribution >= 0.6 is 0 Å². The van der Waals surface area contributed by atoms with Crippen molar-refractivity contribution >= 4 is 5.97 Å². The molecule has 1 heterocycles. The predicted molar refractivity (Wildman–Crippen MR) is 54.3 cm³/mol. The first-order chi connectivity index (χ1) is 6.88. The van der Waals surface area contributed by atoms with Crippen molar-refractivity contribution in [2.45, 2.75) is 25.7 Å². The summed E-state index contributed by atoms with van der Waals surface area (Å²) < 4.78 is 5.15. The van der Waals surface area contributed by atoms with Crippen LogP contribution in [-0.2, 0) is 11.2 Å². The van der Waals surface area contributed by atoms with Gasteiger partial charge in [0.1, 0.15) is 0 Å². The van der Waals surface area contributed by atoms with Crippen molar-refractivity contribution < 1.29 is 9.53 Å². The number of carbonyl (C=O) groups excluding carboxylic acids is 1. The minimum absolute atomic E-state index is 0.164. The lowest BCUT2D eigenvalue weighted by Crippen LogP contribution is -2.07. The van der Waals surface area contributed by atoms with E-state index in [0.29, 0.717) is 6.61 Å². The largest absolute Gasteiger partial charge is 0.462 e. The molecule has 0 saturated carbocycles. The van der Waals surface area contributed by atoms with Crippen molar-refractivity contribution in [3.8, 4) is 0 Å². The number of cyclic esters (lactones) is 1. The van der Waals surface area contributed by atoms with Crippen molar-refractivity contribution in [3.63, 3.8) is 0 Å². The number of hydrogen-bond acceptors (Lipinski definition) is 2. The molecule has 0 aliphatic carbocycles. The van der Waals surface area contributed by atoms with E-state index in [1.54, 1.807) is 0 Å². The second kappa shape index (κ2) is 4.27. The third kappa shape index (κ3) is 1.95. The van der Waals surface area contributed by atoms with E-state index >= 15 is 0 Å². The van der Waals surface area contributed by atoms with Gasteiger partial charge in [-0.25, -0.2) is 4.79 Å². The standard InChI is InChI=1S/C12H14O2/c13-12-11-8-4-3-7-10(11)6-2-1-5-9-14-12/h3-4,7-8H,1-2,5-6,9H2. The number of fused-ring (bicyclic) bond motifs is 1. The van der Waals surface area contributed by atoms with E-state index in [0.717, 1.165) is 36.8 Å². The van der Waals surface area contributed by atoms with Gasteiger partial charge in [-0.15, -0.1) is 0 Å². The number of benzene rings is 1. The average molecular weight is 190 g/mol. The van der Waals surface area contributed by atoms with Crippen LogP contribution in [0.3, 0.4) is 0 Å². The summed E-state index contributed by atoms with van der Waals surface area (Å²) in [4.78, 5) is 11.6. The van der Waals surface area contributed by atoms with Crippen molar-refractivity contribution in [1.29, 1.82) is 0 Å². The van der Waals surface area contributed by atoms with Gasteiger partial charge in [0, 0.05) is 0 Å². The summed E-state index contributed by atoms with van der Waals surface area (Å²) in [7, 11) is 0. The summed E-state index contributed by atoms with van der Waals surface area (Å²) in [5, 5.41) is 0. The van der Waals surface area contributed by atoms with E-state index in [2.05, 4.69) is 0 Å². The SMILES string of the molecule is O=C1OCCCCCc2ccccc21. The Hall–Kier alpha value is -1.31. The number of rotatable bonds is 0. The monoisotopic (exact) mass is 190 g/mol. The Bertz CT molecular complexity index is 331. The molecule has 0 unspecified atom stereocenters. The van der Waals surface area contributed by atoms with E-state index < -0.39 is 0 Å². The summed E-state index contributed by atoms with van der Waals surface area (Å²) in [5.41, 5.74) is 1.87. The lowest BCUT2D eigenvalue weighted by atomic mass is 10.0. The predicted octanol–water partition coefficient (Wildman–Crippen LogP) is 2.57. The normalized spacial score (nSPS) is 17.3. The zero-order valence-corrected chi connectivity index (χ0v) is 8.16. The Morgan fingerprint density at radius 3 is 2.86 bits per heavy atom. The average Bonchev–Trinajstić information content (AvgIpc) is 2.30. The van der Waals surface area contributed by atoms with Gasteiger partial charge in [-0.2, -0.15) is 0 Å². The molecular formula is C12H14O2. The molecule has 2 heteroatoms. The van der Waals surface area contributed by atoms with Crippen LogP contribution in [-0.4, -0.2) is 12.6 Å². The van der Waals surface area contributed by atoms with Crippen molar-refractivity contribution in [2.24, 2.45) is 0 Å². The van der Waals surface area contributed by atoms with E-state index in [1.807, 2.05) is 24.3 Å². The molecule has 1 aromatic rings. The van der Waals surface area contributed by atoms with Crippen molar-refractivity contribution in [3.05, 3.63) is 35.4 Å². The van der Waals surface area contributed by atoms with Crippen LogP contribution in [0.4, 0.5) is 0 Å². The van der Waals surface area contributed by atoms with Gasteiger partial charge < -0.3 is 4.74 Å². The van der Waals surface area contributed by atoms with Crippen LogP contribution < -0.4 is 0 Å². The molecule has 14 heavy (non-hydrogen) atoms. The quantitative estimate of drug-likeness (QED) is 0.588. The highest BCUT2D eigenvalue weighted by molar-refractivity contribution is 5.91. The van der Waals surface area contributed by atoms with Gasteiger partial charge in [-0.1, -0.05) is 18.2 Å². The highest BCUT2D eigenvalue weighted by Gasteiger charge is 2.13. The first-order valence-corrected chi connectivity index (χ1v) is 5.13. The smallest absolute Gasteiger partial charge is 0.338 e. The van der Waals surface area contributed by atoms with Gasteiger partial charge in [0.05, 0.1) is 12.2 Å². The Labute approximate surface area is 83.9 Å². The van der Waals surface area contributed by atoms with Gasteiger partial charge in [0.15, 0.2) is 0 Å². The molecule has 0 aromatic heterocycles. The summed E-state index contributed by atoms with van der Waals surface area (Å²) in [6, 6.07) is 7.73. The van der Waals surface area contributed by atoms with Crippen LogP contribution in [0.1, 0.15) is 35.2 Å². The molecule has 1 aliphatic rings. The Kier molecular flexibility index (Phi) is 2.82. The molecule has 74 valence electrons. The second-order valence-electron chi connectivity index (χ2n) is 3.60. The third-order valence-corrected chi connectivity index (χ3v) is 2.56. The Balaban J connectivity index is 2.30. The van der Waals surface area contributed by atoms with E-state index in [-0.39, 0.29) is 5.97 Å². The lowest BCUT2D eigenvalue weighted by Gasteiger charge is -2.05. The highest BCUT2D eigenvalue weighted by Crippen LogP contribution is 2.16. The zero-order valence-electron chi connectivity index (χ0n) is 8.16. The lowest BCUT2D eigenvalue weighted by molar-refractivity contribution is 0.0500. The van der Waals surface area contributed by atoms with Crippen LogP contribution in [0.5, 0.6) is 0 Å². The van der Waals surface area contributed by atoms with Crippen molar-refractivity contribution in [1.82, 2.24) is 0 Å². The van der Waals surface area contributed by atoms with Gasteiger partial charge in [-0.3, -0.25) is 0 Å². The summed E-state index contributed by atoms with van der Waals surface area (Å²) in [6.07, 6.45) is 4.26. The number of hydrogen-bond donors (Lipinski definition) is 0. The number of carbonyl (C=O) groups is 1. The van der Waals surface area contributed by atoms with Gasteiger partial charge >= 0.3 is 5.97 Å². The molecule has 1 aromatic carbocycles. The topological polar surface area (TPSA) is 26.3 Å². The van der Waals surface area contributed by atoms with Gasteiger partial charge in [0.25, 0.3) is 0 Å². The molecule has 0 radical (unpaired) electrons. The maximum Gasteiger partial charge on any atom is 0.338 e. The number of esters is 1.